The van der Waals surface area contributed by atoms with E-state index in [1.165, 1.54) is 18.2 Å². The first-order valence-corrected chi connectivity index (χ1v) is 7.34. The number of hydrogen-bond acceptors (Lipinski definition) is 2. The van der Waals surface area contributed by atoms with Gasteiger partial charge in [0, 0.05) is 24.4 Å². The molecule has 0 N–H and O–H groups in total. The first-order chi connectivity index (χ1) is 8.09. The zero-order valence-electron chi connectivity index (χ0n) is 9.45. The molecule has 92 valence electrons. The minimum absolute atomic E-state index is 0.0433. The van der Waals surface area contributed by atoms with Crippen molar-refractivity contribution in [3.63, 3.8) is 0 Å². The summed E-state index contributed by atoms with van der Waals surface area (Å²) in [6.07, 6.45) is 1.04. The topological polar surface area (TPSA) is 20.3 Å². The Kier molecular flexibility index (Phi) is 4.09. The Hall–Kier alpha value is -0.550. The molecule has 1 unspecified atom stereocenters. The summed E-state index contributed by atoms with van der Waals surface area (Å²) in [4.78, 5) is 13.9. The van der Waals surface area contributed by atoms with Crippen LogP contribution >= 0.6 is 27.7 Å². The van der Waals surface area contributed by atoms with E-state index in [2.05, 4.69) is 15.9 Å². The van der Waals surface area contributed by atoms with Crippen molar-refractivity contribution in [1.82, 2.24) is 4.90 Å². The summed E-state index contributed by atoms with van der Waals surface area (Å²) in [7, 11) is 1.82. The van der Waals surface area contributed by atoms with Crippen LogP contribution in [0.3, 0.4) is 0 Å². The van der Waals surface area contributed by atoms with E-state index in [1.807, 2.05) is 18.8 Å². The fraction of sp³-hybridized carbons (Fsp3) is 0.417. The van der Waals surface area contributed by atoms with Gasteiger partial charge in [-0.3, -0.25) is 4.79 Å². The maximum absolute atomic E-state index is 13.1. The molecule has 2 nitrogen and oxygen atoms in total. The van der Waals surface area contributed by atoms with Crippen LogP contribution in [0.4, 0.5) is 4.39 Å². The first-order valence-electron chi connectivity index (χ1n) is 5.39. The second-order valence-corrected chi connectivity index (χ2v) is 6.07. The summed E-state index contributed by atoms with van der Waals surface area (Å²) in [5, 5.41) is 0. The number of benzene rings is 1. The van der Waals surface area contributed by atoms with Crippen LogP contribution in [0, 0.1) is 5.82 Å². The molecule has 1 aliphatic rings. The van der Waals surface area contributed by atoms with Gasteiger partial charge in [0.15, 0.2) is 0 Å². The molecule has 1 aliphatic heterocycles. The van der Waals surface area contributed by atoms with Crippen molar-refractivity contribution in [3.8, 4) is 0 Å². The monoisotopic (exact) mass is 317 g/mol. The molecule has 0 saturated carbocycles. The highest BCUT2D eigenvalue weighted by atomic mass is 79.9. The molecule has 2 rings (SSSR count). The summed E-state index contributed by atoms with van der Waals surface area (Å²) < 4.78 is 13.4. The van der Waals surface area contributed by atoms with Crippen LogP contribution in [0.2, 0.25) is 0 Å². The Morgan fingerprint density at radius 3 is 2.94 bits per heavy atom. The lowest BCUT2D eigenvalue weighted by Crippen LogP contribution is -2.36. The molecule has 0 spiro atoms. The van der Waals surface area contributed by atoms with Crippen molar-refractivity contribution >= 4 is 33.6 Å². The Labute approximate surface area is 113 Å². The Balaban J connectivity index is 2.15. The molecule has 1 aromatic rings. The van der Waals surface area contributed by atoms with Crippen LogP contribution in [0.25, 0.3) is 0 Å². The largest absolute Gasteiger partial charge is 0.338 e. The van der Waals surface area contributed by atoms with Crippen LogP contribution in [0.1, 0.15) is 16.8 Å². The highest BCUT2D eigenvalue weighted by Gasteiger charge is 2.24. The average Bonchev–Trinajstić information content (AvgIpc) is 2.84. The van der Waals surface area contributed by atoms with Crippen molar-refractivity contribution in [3.05, 3.63) is 34.1 Å². The summed E-state index contributed by atoms with van der Waals surface area (Å²) in [6.45, 7) is 0. The molecule has 1 fully saturated rings. The van der Waals surface area contributed by atoms with Crippen LogP contribution in [-0.4, -0.2) is 35.4 Å². The summed E-state index contributed by atoms with van der Waals surface area (Å²) in [6, 6.07) is 4.68. The van der Waals surface area contributed by atoms with Crippen LogP contribution < -0.4 is 0 Å². The standard InChI is InChI=1S/C12H13BrFNOS/c1-15(9-4-5-17-7-9)12(16)8-2-3-11(14)10(13)6-8/h2-3,6,9H,4-5,7H2,1H3. The van der Waals surface area contributed by atoms with Gasteiger partial charge in [0.25, 0.3) is 5.91 Å². The van der Waals surface area contributed by atoms with Gasteiger partial charge in [-0.05, 0) is 46.3 Å². The third-order valence-corrected chi connectivity index (χ3v) is 4.69. The van der Waals surface area contributed by atoms with E-state index >= 15 is 0 Å². The van der Waals surface area contributed by atoms with Gasteiger partial charge in [-0.25, -0.2) is 4.39 Å². The SMILES string of the molecule is CN(C(=O)c1ccc(F)c(Br)c1)C1CCSC1. The molecule has 1 aromatic carbocycles. The predicted molar refractivity (Wildman–Crippen MR) is 71.9 cm³/mol. The number of carbonyl (C=O) groups is 1. The van der Waals surface area contributed by atoms with E-state index in [1.54, 1.807) is 4.90 Å². The van der Waals surface area contributed by atoms with Gasteiger partial charge in [0.2, 0.25) is 0 Å². The van der Waals surface area contributed by atoms with Gasteiger partial charge in [-0.1, -0.05) is 0 Å². The zero-order valence-corrected chi connectivity index (χ0v) is 11.9. The van der Waals surface area contributed by atoms with Crippen molar-refractivity contribution < 1.29 is 9.18 Å². The van der Waals surface area contributed by atoms with E-state index in [4.69, 9.17) is 0 Å². The molecular formula is C12H13BrFNOS. The minimum atomic E-state index is -0.347. The van der Waals surface area contributed by atoms with E-state index < -0.39 is 0 Å². The Morgan fingerprint density at radius 2 is 2.35 bits per heavy atom. The Bertz CT molecular complexity index is 435. The molecule has 1 atom stereocenters. The molecule has 0 bridgehead atoms. The van der Waals surface area contributed by atoms with Gasteiger partial charge >= 0.3 is 0 Å². The Morgan fingerprint density at radius 1 is 1.59 bits per heavy atom. The number of halogens is 2. The molecule has 1 saturated heterocycles. The maximum atomic E-state index is 13.1. The van der Waals surface area contributed by atoms with E-state index in [0.717, 1.165) is 17.9 Å². The summed E-state index contributed by atoms with van der Waals surface area (Å²) in [5.41, 5.74) is 0.526. The van der Waals surface area contributed by atoms with E-state index in [-0.39, 0.29) is 11.7 Å². The molecule has 0 aliphatic carbocycles. The van der Waals surface area contributed by atoms with Crippen LogP contribution in [0.15, 0.2) is 22.7 Å². The van der Waals surface area contributed by atoms with Crippen molar-refractivity contribution in [2.45, 2.75) is 12.5 Å². The number of rotatable bonds is 2. The van der Waals surface area contributed by atoms with Gasteiger partial charge < -0.3 is 4.90 Å². The quantitative estimate of drug-likeness (QED) is 0.835. The second-order valence-electron chi connectivity index (χ2n) is 4.06. The first kappa shape index (κ1) is 12.9. The second kappa shape index (κ2) is 5.40. The van der Waals surface area contributed by atoms with Crippen LogP contribution in [-0.2, 0) is 0 Å². The minimum Gasteiger partial charge on any atom is -0.338 e. The fourth-order valence-corrected chi connectivity index (χ4v) is 3.47. The molecule has 17 heavy (non-hydrogen) atoms. The molecule has 0 radical (unpaired) electrons. The van der Waals surface area contributed by atoms with E-state index in [9.17, 15) is 9.18 Å². The maximum Gasteiger partial charge on any atom is 0.253 e. The fourth-order valence-electron chi connectivity index (χ4n) is 1.83. The number of thioether (sulfide) groups is 1. The molecule has 0 aromatic heterocycles. The number of amides is 1. The summed E-state index contributed by atoms with van der Waals surface area (Å²) >= 11 is 4.96. The van der Waals surface area contributed by atoms with Crippen molar-refractivity contribution in [1.29, 1.82) is 0 Å². The normalized spacial score (nSPS) is 19.4. The molecule has 5 heteroatoms. The van der Waals surface area contributed by atoms with Gasteiger partial charge in [-0.15, -0.1) is 0 Å². The predicted octanol–water partition coefficient (Wildman–Crippen LogP) is 3.17. The lowest BCUT2D eigenvalue weighted by atomic mass is 10.1. The molecule has 1 heterocycles. The number of hydrogen-bond donors (Lipinski definition) is 0. The third-order valence-electron chi connectivity index (χ3n) is 2.94. The molecular weight excluding hydrogens is 305 g/mol. The number of carbonyl (C=O) groups excluding carboxylic acids is 1. The van der Waals surface area contributed by atoms with Gasteiger partial charge in [0.1, 0.15) is 5.82 Å². The van der Waals surface area contributed by atoms with Gasteiger partial charge in [-0.2, -0.15) is 11.8 Å². The van der Waals surface area contributed by atoms with Crippen LogP contribution in [0.5, 0.6) is 0 Å². The third kappa shape index (κ3) is 2.83. The average molecular weight is 318 g/mol. The highest BCUT2D eigenvalue weighted by Crippen LogP contribution is 2.24. The van der Waals surface area contributed by atoms with Crippen molar-refractivity contribution in [2.24, 2.45) is 0 Å². The lowest BCUT2D eigenvalue weighted by Gasteiger charge is -2.23. The summed E-state index contributed by atoms with van der Waals surface area (Å²) in [5.74, 6) is 1.71. The molecule has 1 amide bonds. The zero-order chi connectivity index (χ0) is 12.4. The lowest BCUT2D eigenvalue weighted by molar-refractivity contribution is 0.0747. The van der Waals surface area contributed by atoms with E-state index in [0.29, 0.717) is 16.1 Å². The smallest absolute Gasteiger partial charge is 0.253 e. The van der Waals surface area contributed by atoms with Crippen molar-refractivity contribution in [2.75, 3.05) is 18.6 Å². The van der Waals surface area contributed by atoms with Gasteiger partial charge in [0.05, 0.1) is 4.47 Å². The number of nitrogens with zero attached hydrogens (tertiary/aromatic N) is 1. The highest BCUT2D eigenvalue weighted by molar-refractivity contribution is 9.10.